The Morgan fingerprint density at radius 2 is 2.54 bits per heavy atom. The first kappa shape index (κ1) is 8.31. The first-order valence-electron chi connectivity index (χ1n) is 4.30. The molecule has 0 amide bonds. The fourth-order valence-electron chi connectivity index (χ4n) is 1.45. The second kappa shape index (κ2) is 3.22. The van der Waals surface area contributed by atoms with Gasteiger partial charge in [0.2, 0.25) is 0 Å². The number of esters is 1. The number of hydrogen-bond acceptors (Lipinski definition) is 4. The van der Waals surface area contributed by atoms with Gasteiger partial charge in [0.15, 0.2) is 0 Å². The van der Waals surface area contributed by atoms with Crippen molar-refractivity contribution >= 4 is 5.97 Å². The van der Waals surface area contributed by atoms with Crippen molar-refractivity contribution in [2.24, 2.45) is 0 Å². The molecular weight excluding hydrogens is 170 g/mol. The van der Waals surface area contributed by atoms with Crippen molar-refractivity contribution in [3.05, 3.63) is 23.2 Å². The summed E-state index contributed by atoms with van der Waals surface area (Å²) in [7, 11) is 0. The Kier molecular flexibility index (Phi) is 2.06. The van der Waals surface area contributed by atoms with Gasteiger partial charge >= 0.3 is 5.97 Å². The van der Waals surface area contributed by atoms with Crippen LogP contribution in [0.4, 0.5) is 0 Å². The lowest BCUT2D eigenvalue weighted by atomic mass is 10.2. The van der Waals surface area contributed by atoms with E-state index in [4.69, 9.17) is 9.15 Å². The molecule has 0 aliphatic carbocycles. The van der Waals surface area contributed by atoms with Gasteiger partial charge in [-0.1, -0.05) is 0 Å². The van der Waals surface area contributed by atoms with E-state index in [1.54, 1.807) is 6.92 Å². The van der Waals surface area contributed by atoms with Gasteiger partial charge in [-0.25, -0.2) is 4.79 Å². The first-order chi connectivity index (χ1) is 6.33. The SMILES string of the molecule is CCOC(=O)c1coc2c1CNC2. The highest BCUT2D eigenvalue weighted by Gasteiger charge is 2.23. The molecule has 13 heavy (non-hydrogen) atoms. The van der Waals surface area contributed by atoms with Crippen molar-refractivity contribution in [1.29, 1.82) is 0 Å². The lowest BCUT2D eigenvalue weighted by Crippen LogP contribution is -2.07. The fraction of sp³-hybridized carbons (Fsp3) is 0.444. The van der Waals surface area contributed by atoms with Gasteiger partial charge in [0.05, 0.1) is 13.2 Å². The number of carbonyl (C=O) groups excluding carboxylic acids is 1. The van der Waals surface area contributed by atoms with Crippen molar-refractivity contribution < 1.29 is 13.9 Å². The van der Waals surface area contributed by atoms with Crippen LogP contribution in [0.5, 0.6) is 0 Å². The number of nitrogens with one attached hydrogen (secondary N) is 1. The third kappa shape index (κ3) is 1.33. The van der Waals surface area contributed by atoms with Crippen LogP contribution in [0, 0.1) is 0 Å². The van der Waals surface area contributed by atoms with Gasteiger partial charge in [0.25, 0.3) is 0 Å². The van der Waals surface area contributed by atoms with Gasteiger partial charge in [-0.05, 0) is 6.92 Å². The van der Waals surface area contributed by atoms with Gasteiger partial charge in [0, 0.05) is 12.1 Å². The van der Waals surface area contributed by atoms with E-state index in [-0.39, 0.29) is 5.97 Å². The first-order valence-corrected chi connectivity index (χ1v) is 4.30. The number of ether oxygens (including phenoxy) is 1. The average Bonchev–Trinajstić information content (AvgIpc) is 2.62. The van der Waals surface area contributed by atoms with E-state index in [9.17, 15) is 4.79 Å². The van der Waals surface area contributed by atoms with E-state index in [0.29, 0.717) is 25.3 Å². The Labute approximate surface area is 75.9 Å². The molecule has 1 N–H and O–H groups in total. The molecule has 4 nitrogen and oxygen atoms in total. The smallest absolute Gasteiger partial charge is 0.341 e. The summed E-state index contributed by atoms with van der Waals surface area (Å²) in [4.78, 5) is 11.4. The van der Waals surface area contributed by atoms with Crippen LogP contribution in [-0.2, 0) is 17.8 Å². The standard InChI is InChI=1S/C9H11NO3/c1-2-12-9(11)7-5-13-8-4-10-3-6(7)8/h5,10H,2-4H2,1H3. The molecule has 0 fully saturated rings. The van der Waals surface area contributed by atoms with Crippen molar-refractivity contribution in [3.8, 4) is 0 Å². The van der Waals surface area contributed by atoms with Crippen LogP contribution in [-0.4, -0.2) is 12.6 Å². The summed E-state index contributed by atoms with van der Waals surface area (Å²) >= 11 is 0. The third-order valence-electron chi connectivity index (χ3n) is 2.06. The highest BCUT2D eigenvalue weighted by Crippen LogP contribution is 2.22. The van der Waals surface area contributed by atoms with Crippen molar-refractivity contribution in [2.45, 2.75) is 20.0 Å². The Morgan fingerprint density at radius 1 is 1.69 bits per heavy atom. The Morgan fingerprint density at radius 3 is 3.31 bits per heavy atom. The quantitative estimate of drug-likeness (QED) is 0.693. The van der Waals surface area contributed by atoms with E-state index in [2.05, 4.69) is 5.32 Å². The molecule has 1 aromatic rings. The molecule has 0 radical (unpaired) electrons. The number of fused-ring (bicyclic) bond motifs is 1. The maximum atomic E-state index is 11.4. The minimum absolute atomic E-state index is 0.295. The number of hydrogen-bond donors (Lipinski definition) is 1. The second-order valence-corrected chi connectivity index (χ2v) is 2.88. The summed E-state index contributed by atoms with van der Waals surface area (Å²) in [5.74, 6) is 0.555. The highest BCUT2D eigenvalue weighted by molar-refractivity contribution is 5.91. The second-order valence-electron chi connectivity index (χ2n) is 2.88. The van der Waals surface area contributed by atoms with E-state index in [1.807, 2.05) is 0 Å². The Bertz CT molecular complexity index is 330. The molecule has 1 aromatic heterocycles. The molecule has 0 atom stereocenters. The highest BCUT2D eigenvalue weighted by atomic mass is 16.5. The molecule has 0 saturated carbocycles. The molecule has 2 heterocycles. The summed E-state index contributed by atoms with van der Waals surface area (Å²) in [6, 6.07) is 0. The van der Waals surface area contributed by atoms with Crippen LogP contribution < -0.4 is 5.32 Å². The Balaban J connectivity index is 2.26. The zero-order valence-corrected chi connectivity index (χ0v) is 7.42. The average molecular weight is 181 g/mol. The zero-order valence-electron chi connectivity index (χ0n) is 7.42. The maximum absolute atomic E-state index is 11.4. The topological polar surface area (TPSA) is 51.5 Å². The van der Waals surface area contributed by atoms with Crippen LogP contribution >= 0.6 is 0 Å². The third-order valence-corrected chi connectivity index (χ3v) is 2.06. The van der Waals surface area contributed by atoms with Gasteiger partial charge in [-0.2, -0.15) is 0 Å². The molecule has 0 bridgehead atoms. The zero-order chi connectivity index (χ0) is 9.26. The van der Waals surface area contributed by atoms with Crippen LogP contribution in [0.15, 0.2) is 10.7 Å². The van der Waals surface area contributed by atoms with E-state index < -0.39 is 0 Å². The summed E-state index contributed by atoms with van der Waals surface area (Å²) in [6.45, 7) is 3.58. The lowest BCUT2D eigenvalue weighted by molar-refractivity contribution is 0.0524. The summed E-state index contributed by atoms with van der Waals surface area (Å²) in [5, 5.41) is 3.10. The van der Waals surface area contributed by atoms with Gasteiger partial charge in [-0.3, -0.25) is 0 Å². The number of carbonyl (C=O) groups is 1. The van der Waals surface area contributed by atoms with Crippen molar-refractivity contribution in [1.82, 2.24) is 5.32 Å². The van der Waals surface area contributed by atoms with Crippen LogP contribution in [0.2, 0.25) is 0 Å². The summed E-state index contributed by atoms with van der Waals surface area (Å²) in [5.41, 5.74) is 1.50. The van der Waals surface area contributed by atoms with Gasteiger partial charge in [-0.15, -0.1) is 0 Å². The fourth-order valence-corrected chi connectivity index (χ4v) is 1.45. The summed E-state index contributed by atoms with van der Waals surface area (Å²) < 4.78 is 10.1. The number of furan rings is 1. The van der Waals surface area contributed by atoms with Gasteiger partial charge < -0.3 is 14.5 Å². The molecule has 0 saturated heterocycles. The molecule has 4 heteroatoms. The van der Waals surface area contributed by atoms with Crippen molar-refractivity contribution in [3.63, 3.8) is 0 Å². The molecule has 1 aliphatic heterocycles. The normalized spacial score (nSPS) is 14.2. The van der Waals surface area contributed by atoms with Crippen LogP contribution in [0.1, 0.15) is 28.6 Å². The van der Waals surface area contributed by atoms with E-state index in [0.717, 1.165) is 11.3 Å². The molecule has 70 valence electrons. The van der Waals surface area contributed by atoms with Gasteiger partial charge in [0.1, 0.15) is 17.6 Å². The maximum Gasteiger partial charge on any atom is 0.341 e. The minimum Gasteiger partial charge on any atom is -0.467 e. The molecule has 2 rings (SSSR count). The molecule has 1 aliphatic rings. The number of rotatable bonds is 2. The van der Waals surface area contributed by atoms with Crippen LogP contribution in [0.25, 0.3) is 0 Å². The lowest BCUT2D eigenvalue weighted by Gasteiger charge is -1.99. The minimum atomic E-state index is -0.295. The van der Waals surface area contributed by atoms with Crippen molar-refractivity contribution in [2.75, 3.05) is 6.61 Å². The largest absolute Gasteiger partial charge is 0.467 e. The van der Waals surface area contributed by atoms with Crippen LogP contribution in [0.3, 0.4) is 0 Å². The monoisotopic (exact) mass is 181 g/mol. The molecule has 0 aromatic carbocycles. The van der Waals surface area contributed by atoms with E-state index in [1.165, 1.54) is 6.26 Å². The molecule has 0 unspecified atom stereocenters. The Hall–Kier alpha value is -1.29. The predicted molar refractivity (Wildman–Crippen MR) is 45.2 cm³/mol. The summed E-state index contributed by atoms with van der Waals surface area (Å²) in [6.07, 6.45) is 1.48. The molecular formula is C9H11NO3. The predicted octanol–water partition coefficient (Wildman–Crippen LogP) is 1.06. The molecule has 0 spiro atoms. The van der Waals surface area contributed by atoms with E-state index >= 15 is 0 Å².